The third-order valence-electron chi connectivity index (χ3n) is 2.49. The van der Waals surface area contributed by atoms with Crippen LogP contribution in [0, 0.1) is 11.3 Å². The molecule has 66 valence electrons. The molecule has 3 heteroatoms. The largest absolute Gasteiger partial charge is 0.398 e. The van der Waals surface area contributed by atoms with Crippen molar-refractivity contribution in [3.63, 3.8) is 0 Å². The van der Waals surface area contributed by atoms with Crippen molar-refractivity contribution in [3.05, 3.63) is 28.8 Å². The molecule has 0 bridgehead atoms. The Labute approximate surface area is 81.9 Å². The number of nitrogens with two attached hydrogens (primary N) is 1. The molecule has 0 radical (unpaired) electrons. The normalized spacial score (nSPS) is 17.8. The molecule has 0 unspecified atom stereocenters. The smallest absolute Gasteiger partial charge is 0.0844 e. The SMILES string of the molecule is N#CC1(c2cc(Cl)ccc2N)CC1. The minimum Gasteiger partial charge on any atom is -0.398 e. The van der Waals surface area contributed by atoms with E-state index < -0.39 is 0 Å². The summed E-state index contributed by atoms with van der Waals surface area (Å²) in [6.45, 7) is 0. The number of halogens is 1. The van der Waals surface area contributed by atoms with Crippen molar-refractivity contribution in [2.75, 3.05) is 5.73 Å². The van der Waals surface area contributed by atoms with Crippen molar-refractivity contribution in [2.24, 2.45) is 0 Å². The number of rotatable bonds is 1. The number of benzene rings is 1. The number of hydrogen-bond acceptors (Lipinski definition) is 2. The van der Waals surface area contributed by atoms with Gasteiger partial charge in [-0.25, -0.2) is 0 Å². The fraction of sp³-hybridized carbons (Fsp3) is 0.300. The molecule has 1 aliphatic carbocycles. The molecule has 1 aromatic carbocycles. The molecule has 2 nitrogen and oxygen atoms in total. The summed E-state index contributed by atoms with van der Waals surface area (Å²) in [7, 11) is 0. The Hall–Kier alpha value is -1.20. The van der Waals surface area contributed by atoms with Gasteiger partial charge in [-0.15, -0.1) is 0 Å². The van der Waals surface area contributed by atoms with Crippen LogP contribution >= 0.6 is 11.6 Å². The van der Waals surface area contributed by atoms with Gasteiger partial charge in [0.15, 0.2) is 0 Å². The summed E-state index contributed by atoms with van der Waals surface area (Å²) in [6, 6.07) is 7.60. The molecule has 1 saturated carbocycles. The Bertz CT molecular complexity index is 388. The summed E-state index contributed by atoms with van der Waals surface area (Å²) < 4.78 is 0. The van der Waals surface area contributed by atoms with E-state index in [2.05, 4.69) is 6.07 Å². The molecular formula is C10H9ClN2. The highest BCUT2D eigenvalue weighted by atomic mass is 35.5. The second-order valence-corrected chi connectivity index (χ2v) is 3.86. The fourth-order valence-electron chi connectivity index (χ4n) is 1.51. The second-order valence-electron chi connectivity index (χ2n) is 3.43. The molecule has 0 spiro atoms. The lowest BCUT2D eigenvalue weighted by Crippen LogP contribution is -2.06. The van der Waals surface area contributed by atoms with Crippen LogP contribution in [0.3, 0.4) is 0 Å². The highest BCUT2D eigenvalue weighted by Crippen LogP contribution is 2.49. The van der Waals surface area contributed by atoms with Crippen molar-refractivity contribution < 1.29 is 0 Å². The summed E-state index contributed by atoms with van der Waals surface area (Å²) in [5.41, 5.74) is 7.00. The molecular weight excluding hydrogens is 184 g/mol. The van der Waals surface area contributed by atoms with E-state index in [4.69, 9.17) is 22.6 Å². The van der Waals surface area contributed by atoms with E-state index in [9.17, 15) is 0 Å². The van der Waals surface area contributed by atoms with Crippen LogP contribution in [0.25, 0.3) is 0 Å². The predicted molar refractivity (Wildman–Crippen MR) is 52.4 cm³/mol. The molecule has 1 fully saturated rings. The average Bonchev–Trinajstić information content (AvgIpc) is 2.90. The zero-order valence-corrected chi connectivity index (χ0v) is 7.80. The van der Waals surface area contributed by atoms with Gasteiger partial charge in [-0.1, -0.05) is 11.6 Å². The van der Waals surface area contributed by atoms with Crippen LogP contribution < -0.4 is 5.73 Å². The van der Waals surface area contributed by atoms with Crippen molar-refractivity contribution in [1.29, 1.82) is 5.26 Å². The molecule has 0 amide bonds. The number of hydrogen-bond donors (Lipinski definition) is 1. The third kappa shape index (κ3) is 1.26. The van der Waals surface area contributed by atoms with E-state index in [1.165, 1.54) is 0 Å². The molecule has 0 saturated heterocycles. The van der Waals surface area contributed by atoms with Crippen molar-refractivity contribution in [2.45, 2.75) is 18.3 Å². The van der Waals surface area contributed by atoms with Crippen LogP contribution in [0.15, 0.2) is 18.2 Å². The number of nitriles is 1. The monoisotopic (exact) mass is 192 g/mol. The van der Waals surface area contributed by atoms with Gasteiger partial charge in [0.1, 0.15) is 0 Å². The standard InChI is InChI=1S/C10H9ClN2/c11-7-1-2-9(13)8(5-7)10(6-12)3-4-10/h1-2,5H,3-4,13H2. The van der Waals surface area contributed by atoms with Crippen molar-refractivity contribution in [3.8, 4) is 6.07 Å². The number of nitrogens with zero attached hydrogens (tertiary/aromatic N) is 1. The lowest BCUT2D eigenvalue weighted by molar-refractivity contribution is 0.912. The van der Waals surface area contributed by atoms with Crippen molar-refractivity contribution >= 4 is 17.3 Å². The Kier molecular flexibility index (Phi) is 1.71. The summed E-state index contributed by atoms with van der Waals surface area (Å²) in [6.07, 6.45) is 1.79. The summed E-state index contributed by atoms with van der Waals surface area (Å²) in [5.74, 6) is 0. The van der Waals surface area contributed by atoms with Gasteiger partial charge in [-0.05, 0) is 36.6 Å². The summed E-state index contributed by atoms with van der Waals surface area (Å²) in [4.78, 5) is 0. The molecule has 0 heterocycles. The first-order chi connectivity index (χ1) is 6.18. The van der Waals surface area contributed by atoms with Crippen LogP contribution in [0.1, 0.15) is 18.4 Å². The highest BCUT2D eigenvalue weighted by molar-refractivity contribution is 6.30. The Balaban J connectivity index is 2.52. The fourth-order valence-corrected chi connectivity index (χ4v) is 1.68. The van der Waals surface area contributed by atoms with E-state index >= 15 is 0 Å². The molecule has 13 heavy (non-hydrogen) atoms. The first kappa shape index (κ1) is 8.40. The molecule has 0 aromatic heterocycles. The van der Waals surface area contributed by atoms with Gasteiger partial charge >= 0.3 is 0 Å². The quantitative estimate of drug-likeness (QED) is 0.695. The lowest BCUT2D eigenvalue weighted by atomic mass is 9.96. The van der Waals surface area contributed by atoms with Crippen LogP contribution in [-0.2, 0) is 5.41 Å². The summed E-state index contributed by atoms with van der Waals surface area (Å²) >= 11 is 5.84. The minimum absolute atomic E-state index is 0.338. The third-order valence-corrected chi connectivity index (χ3v) is 2.73. The Morgan fingerprint density at radius 3 is 2.69 bits per heavy atom. The first-order valence-electron chi connectivity index (χ1n) is 4.15. The lowest BCUT2D eigenvalue weighted by Gasteiger charge is -2.09. The molecule has 1 aromatic rings. The second kappa shape index (κ2) is 2.65. The maximum atomic E-state index is 8.98. The van der Waals surface area contributed by atoms with Gasteiger partial charge in [0.05, 0.1) is 11.5 Å². The van der Waals surface area contributed by atoms with Gasteiger partial charge in [0.25, 0.3) is 0 Å². The van der Waals surface area contributed by atoms with Crippen LogP contribution in [-0.4, -0.2) is 0 Å². The summed E-state index contributed by atoms with van der Waals surface area (Å²) in [5, 5.41) is 9.62. The van der Waals surface area contributed by atoms with E-state index in [1.807, 2.05) is 0 Å². The van der Waals surface area contributed by atoms with E-state index in [1.54, 1.807) is 18.2 Å². The molecule has 1 aliphatic rings. The Morgan fingerprint density at radius 1 is 1.46 bits per heavy atom. The van der Waals surface area contributed by atoms with Crippen molar-refractivity contribution in [1.82, 2.24) is 0 Å². The van der Waals surface area contributed by atoms with Gasteiger partial charge in [0.2, 0.25) is 0 Å². The van der Waals surface area contributed by atoms with E-state index in [0.717, 1.165) is 18.4 Å². The van der Waals surface area contributed by atoms with Crippen LogP contribution in [0.2, 0.25) is 5.02 Å². The average molecular weight is 193 g/mol. The predicted octanol–water partition coefficient (Wildman–Crippen LogP) is 2.48. The van der Waals surface area contributed by atoms with Crippen LogP contribution in [0.5, 0.6) is 0 Å². The zero-order chi connectivity index (χ0) is 9.47. The molecule has 2 N–H and O–H groups in total. The topological polar surface area (TPSA) is 49.8 Å². The molecule has 0 atom stereocenters. The minimum atomic E-state index is -0.338. The van der Waals surface area contributed by atoms with Gasteiger partial charge in [-0.2, -0.15) is 5.26 Å². The van der Waals surface area contributed by atoms with Gasteiger partial charge < -0.3 is 5.73 Å². The zero-order valence-electron chi connectivity index (χ0n) is 7.05. The molecule has 0 aliphatic heterocycles. The Morgan fingerprint density at radius 2 is 2.15 bits per heavy atom. The van der Waals surface area contributed by atoms with E-state index in [0.29, 0.717) is 10.7 Å². The maximum absolute atomic E-state index is 8.98. The molecule has 2 rings (SSSR count). The maximum Gasteiger partial charge on any atom is 0.0844 e. The highest BCUT2D eigenvalue weighted by Gasteiger charge is 2.46. The van der Waals surface area contributed by atoms with Gasteiger partial charge in [-0.3, -0.25) is 0 Å². The number of anilines is 1. The van der Waals surface area contributed by atoms with Gasteiger partial charge in [0, 0.05) is 10.7 Å². The van der Waals surface area contributed by atoms with Crippen LogP contribution in [0.4, 0.5) is 5.69 Å². The first-order valence-corrected chi connectivity index (χ1v) is 4.52. The number of nitrogen functional groups attached to an aromatic ring is 1. The van der Waals surface area contributed by atoms with E-state index in [-0.39, 0.29) is 5.41 Å².